The first-order chi connectivity index (χ1) is 19.0. The number of likely N-dealkylation sites (tertiary alicyclic amines) is 2. The Balaban J connectivity index is 1.13. The van der Waals surface area contributed by atoms with Crippen LogP contribution in [0.15, 0.2) is 83.2 Å². The third-order valence-corrected chi connectivity index (χ3v) is 9.23. The summed E-state index contributed by atoms with van der Waals surface area (Å²) in [5, 5.41) is 13.8. The van der Waals surface area contributed by atoms with Gasteiger partial charge < -0.3 is 10.0 Å². The van der Waals surface area contributed by atoms with E-state index in [1.54, 1.807) is 6.07 Å². The van der Waals surface area contributed by atoms with Crippen LogP contribution in [0.3, 0.4) is 0 Å². The zero-order valence-corrected chi connectivity index (χ0v) is 22.8. The molecule has 2 atom stereocenters. The molecule has 2 aromatic heterocycles. The topological polar surface area (TPSA) is 78.7 Å². The first kappa shape index (κ1) is 25.9. The van der Waals surface area contributed by atoms with Crippen molar-refractivity contribution in [1.82, 2.24) is 19.4 Å². The van der Waals surface area contributed by atoms with Crippen molar-refractivity contribution in [3.63, 3.8) is 0 Å². The molecule has 0 radical (unpaired) electrons. The highest BCUT2D eigenvalue weighted by atomic mass is 32.1. The van der Waals surface area contributed by atoms with Gasteiger partial charge in [-0.2, -0.15) is 0 Å². The minimum atomic E-state index is -1.04. The molecule has 0 unspecified atom stereocenters. The number of piperidine rings is 2. The van der Waals surface area contributed by atoms with E-state index in [1.165, 1.54) is 33.4 Å². The van der Waals surface area contributed by atoms with Gasteiger partial charge in [-0.05, 0) is 48.4 Å². The van der Waals surface area contributed by atoms with Crippen molar-refractivity contribution in [1.29, 1.82) is 0 Å². The Morgan fingerprint density at radius 3 is 2.46 bits per heavy atom. The Kier molecular flexibility index (Phi) is 7.34. The predicted octanol–water partition coefficient (Wildman–Crippen LogP) is 4.12. The molecule has 8 heteroatoms. The fourth-order valence-corrected chi connectivity index (χ4v) is 6.92. The van der Waals surface area contributed by atoms with Gasteiger partial charge in [0.15, 0.2) is 0 Å². The van der Waals surface area contributed by atoms with Crippen LogP contribution >= 0.6 is 11.3 Å². The van der Waals surface area contributed by atoms with Crippen molar-refractivity contribution < 1.29 is 9.90 Å². The smallest absolute Gasteiger partial charge is 0.262 e. The lowest BCUT2D eigenvalue weighted by Crippen LogP contribution is -2.53. The van der Waals surface area contributed by atoms with Crippen LogP contribution in [-0.4, -0.2) is 62.1 Å². The summed E-state index contributed by atoms with van der Waals surface area (Å²) in [6.07, 6.45) is 3.23. The lowest BCUT2D eigenvalue weighted by Gasteiger charge is -2.43. The Morgan fingerprint density at radius 2 is 1.72 bits per heavy atom. The SMILES string of the molecule is O=C([C@H]1CCN(Cc2ccccc2)C[C@@H]1c1ccccc1)N1CCC(O)(Cn2cnc3sccc3c2=O)CC1. The highest BCUT2D eigenvalue weighted by Crippen LogP contribution is 2.36. The average molecular weight is 543 g/mol. The Morgan fingerprint density at radius 1 is 1.00 bits per heavy atom. The van der Waals surface area contributed by atoms with Gasteiger partial charge in [0.25, 0.3) is 5.56 Å². The van der Waals surface area contributed by atoms with Gasteiger partial charge in [-0.25, -0.2) is 4.98 Å². The van der Waals surface area contributed by atoms with Gasteiger partial charge >= 0.3 is 0 Å². The van der Waals surface area contributed by atoms with Crippen molar-refractivity contribution in [3.05, 3.63) is 99.9 Å². The van der Waals surface area contributed by atoms with Crippen LogP contribution in [0.5, 0.6) is 0 Å². The second-order valence-corrected chi connectivity index (χ2v) is 11.9. The van der Waals surface area contributed by atoms with Crippen LogP contribution in [0.2, 0.25) is 0 Å². The molecule has 202 valence electrons. The van der Waals surface area contributed by atoms with E-state index in [1.807, 2.05) is 22.4 Å². The lowest BCUT2D eigenvalue weighted by atomic mass is 9.79. The summed E-state index contributed by atoms with van der Waals surface area (Å²) in [5.41, 5.74) is 1.33. The number of hydrogen-bond acceptors (Lipinski definition) is 6. The molecule has 0 aliphatic carbocycles. The molecule has 1 amide bonds. The van der Waals surface area contributed by atoms with Gasteiger partial charge in [0, 0.05) is 38.0 Å². The third kappa shape index (κ3) is 5.55. The highest BCUT2D eigenvalue weighted by molar-refractivity contribution is 7.16. The third-order valence-electron chi connectivity index (χ3n) is 8.41. The molecule has 2 aromatic carbocycles. The fraction of sp³-hybridized carbons (Fsp3) is 0.387. The molecule has 6 rings (SSSR count). The second kappa shape index (κ2) is 11.0. The molecule has 7 nitrogen and oxygen atoms in total. The molecular weight excluding hydrogens is 508 g/mol. The summed E-state index contributed by atoms with van der Waals surface area (Å²) in [6, 6.07) is 22.7. The Labute approximate surface area is 232 Å². The molecule has 4 heterocycles. The first-order valence-corrected chi connectivity index (χ1v) is 14.6. The van der Waals surface area contributed by atoms with E-state index in [4.69, 9.17) is 0 Å². The summed E-state index contributed by atoms with van der Waals surface area (Å²) in [7, 11) is 0. The number of thiophene rings is 1. The Bertz CT molecular complexity index is 1480. The van der Waals surface area contributed by atoms with Crippen LogP contribution in [0, 0.1) is 5.92 Å². The number of carbonyl (C=O) groups is 1. The van der Waals surface area contributed by atoms with Crippen LogP contribution < -0.4 is 5.56 Å². The maximum atomic E-state index is 13.9. The van der Waals surface area contributed by atoms with Gasteiger partial charge in [-0.3, -0.25) is 19.1 Å². The fourth-order valence-electron chi connectivity index (χ4n) is 6.20. The van der Waals surface area contributed by atoms with E-state index < -0.39 is 5.60 Å². The molecule has 2 fully saturated rings. The van der Waals surface area contributed by atoms with Gasteiger partial charge in [-0.15, -0.1) is 11.3 Å². The summed E-state index contributed by atoms with van der Waals surface area (Å²) < 4.78 is 1.51. The lowest BCUT2D eigenvalue weighted by molar-refractivity contribution is -0.142. The Hall–Kier alpha value is -3.33. The van der Waals surface area contributed by atoms with Gasteiger partial charge in [0.1, 0.15) is 4.83 Å². The minimum Gasteiger partial charge on any atom is -0.388 e. The molecule has 0 bridgehead atoms. The van der Waals surface area contributed by atoms with Gasteiger partial charge in [-0.1, -0.05) is 60.7 Å². The molecule has 0 spiro atoms. The molecular formula is C31H34N4O3S. The van der Waals surface area contributed by atoms with Crippen molar-refractivity contribution in [2.75, 3.05) is 26.2 Å². The number of amides is 1. The van der Waals surface area contributed by atoms with Crippen molar-refractivity contribution in [2.45, 2.75) is 43.9 Å². The number of benzene rings is 2. The van der Waals surface area contributed by atoms with E-state index in [2.05, 4.69) is 58.4 Å². The van der Waals surface area contributed by atoms with E-state index in [-0.39, 0.29) is 29.8 Å². The molecule has 39 heavy (non-hydrogen) atoms. The average Bonchev–Trinajstić information content (AvgIpc) is 3.46. The van der Waals surface area contributed by atoms with Crippen LogP contribution in [0.4, 0.5) is 0 Å². The molecule has 2 aliphatic rings. The van der Waals surface area contributed by atoms with E-state index in [0.717, 1.165) is 26.1 Å². The quantitative estimate of drug-likeness (QED) is 0.397. The van der Waals surface area contributed by atoms with Crippen molar-refractivity contribution in [3.8, 4) is 0 Å². The van der Waals surface area contributed by atoms with E-state index >= 15 is 0 Å². The second-order valence-electron chi connectivity index (χ2n) is 11.0. The molecule has 2 aliphatic heterocycles. The number of nitrogens with zero attached hydrogens (tertiary/aromatic N) is 4. The number of carbonyl (C=O) groups excluding carboxylic acids is 1. The number of rotatable bonds is 6. The van der Waals surface area contributed by atoms with E-state index in [0.29, 0.717) is 36.1 Å². The zero-order valence-electron chi connectivity index (χ0n) is 22.0. The molecule has 0 saturated carbocycles. The summed E-state index contributed by atoms with van der Waals surface area (Å²) in [4.78, 5) is 36.2. The molecule has 1 N–H and O–H groups in total. The van der Waals surface area contributed by atoms with Crippen LogP contribution in [0.1, 0.15) is 36.3 Å². The monoisotopic (exact) mass is 542 g/mol. The maximum Gasteiger partial charge on any atom is 0.262 e. The predicted molar refractivity (Wildman–Crippen MR) is 154 cm³/mol. The molecule has 2 saturated heterocycles. The summed E-state index contributed by atoms with van der Waals surface area (Å²) >= 11 is 1.44. The summed E-state index contributed by atoms with van der Waals surface area (Å²) in [6.45, 7) is 3.78. The maximum absolute atomic E-state index is 13.9. The zero-order chi connectivity index (χ0) is 26.8. The van der Waals surface area contributed by atoms with E-state index in [9.17, 15) is 14.7 Å². The number of aromatic nitrogens is 2. The van der Waals surface area contributed by atoms with Crippen LogP contribution in [0.25, 0.3) is 10.2 Å². The van der Waals surface area contributed by atoms with Crippen molar-refractivity contribution >= 4 is 27.5 Å². The standard InChI is InChI=1S/C31H34N4O3S/c36-29(34-16-13-31(38,14-17-34)21-35-22-32-28-26(30(35)37)12-18-39-28)25-11-15-33(19-23-7-3-1-4-8-23)20-27(25)24-9-5-2-6-10-24/h1-10,12,18,22,25,27,38H,11,13-17,19-21H2/t25-,27+/m0/s1. The van der Waals surface area contributed by atoms with Crippen LogP contribution in [-0.2, 0) is 17.9 Å². The first-order valence-electron chi connectivity index (χ1n) is 13.7. The van der Waals surface area contributed by atoms with Gasteiger partial charge in [0.05, 0.1) is 23.9 Å². The molecule has 4 aromatic rings. The highest BCUT2D eigenvalue weighted by Gasteiger charge is 2.40. The summed E-state index contributed by atoms with van der Waals surface area (Å²) in [5.74, 6) is 0.223. The largest absolute Gasteiger partial charge is 0.388 e. The number of aliphatic hydroxyl groups is 1. The van der Waals surface area contributed by atoms with Gasteiger partial charge in [0.2, 0.25) is 5.91 Å². The number of fused-ring (bicyclic) bond motifs is 1. The number of hydrogen-bond donors (Lipinski definition) is 1. The van der Waals surface area contributed by atoms with Crippen molar-refractivity contribution in [2.24, 2.45) is 5.92 Å². The minimum absolute atomic E-state index is 0.0848. The normalized spacial score (nSPS) is 21.7.